The maximum Gasteiger partial charge on any atom is 0.307 e. The Morgan fingerprint density at radius 1 is 0.968 bits per heavy atom. The second-order valence-corrected chi connectivity index (χ2v) is 7.05. The van der Waals surface area contributed by atoms with Gasteiger partial charge in [-0.05, 0) is 56.7 Å². The second-order valence-electron chi connectivity index (χ2n) is 7.05. The molecule has 0 aromatic heterocycles. The summed E-state index contributed by atoms with van der Waals surface area (Å²) in [4.78, 5) is 48.0. The Morgan fingerprint density at radius 3 is 2.32 bits per heavy atom. The van der Waals surface area contributed by atoms with Crippen molar-refractivity contribution in [3.63, 3.8) is 0 Å². The van der Waals surface area contributed by atoms with Crippen LogP contribution in [0.3, 0.4) is 0 Å². The van der Waals surface area contributed by atoms with Crippen molar-refractivity contribution in [2.45, 2.75) is 46.1 Å². The van der Waals surface area contributed by atoms with Crippen LogP contribution in [0, 0.1) is 0 Å². The van der Waals surface area contributed by atoms with E-state index in [0.29, 0.717) is 29.2 Å². The number of hydrogen-bond acceptors (Lipinski definition) is 6. The van der Waals surface area contributed by atoms with Crippen molar-refractivity contribution in [3.8, 4) is 5.75 Å². The molecule has 0 fully saturated rings. The summed E-state index contributed by atoms with van der Waals surface area (Å²) >= 11 is 0. The van der Waals surface area contributed by atoms with E-state index in [1.54, 1.807) is 48.5 Å². The summed E-state index contributed by atoms with van der Waals surface area (Å²) in [7, 11) is 0. The van der Waals surface area contributed by atoms with Gasteiger partial charge in [0, 0.05) is 23.2 Å². The summed E-state index contributed by atoms with van der Waals surface area (Å²) in [6.07, 6.45) is -0.309. The summed E-state index contributed by atoms with van der Waals surface area (Å²) in [5, 5.41) is 2.61. The first kappa shape index (κ1) is 23.8. The topological polar surface area (TPSA) is 98.8 Å². The van der Waals surface area contributed by atoms with E-state index in [0.717, 1.165) is 6.42 Å². The van der Waals surface area contributed by atoms with E-state index < -0.39 is 18.0 Å². The van der Waals surface area contributed by atoms with Crippen LogP contribution >= 0.6 is 0 Å². The highest BCUT2D eigenvalue weighted by atomic mass is 16.5. The van der Waals surface area contributed by atoms with Gasteiger partial charge < -0.3 is 14.8 Å². The number of carbonyl (C=O) groups is 4. The normalized spacial score (nSPS) is 11.3. The third kappa shape index (κ3) is 7.70. The van der Waals surface area contributed by atoms with E-state index in [9.17, 15) is 19.2 Å². The third-order valence-corrected chi connectivity index (χ3v) is 4.42. The van der Waals surface area contributed by atoms with Gasteiger partial charge in [0.2, 0.25) is 0 Å². The number of nitrogens with one attached hydrogen (secondary N) is 1. The van der Waals surface area contributed by atoms with Gasteiger partial charge in [-0.1, -0.05) is 19.1 Å². The summed E-state index contributed by atoms with van der Waals surface area (Å²) in [6, 6.07) is 13.2. The molecule has 0 aliphatic carbocycles. The number of rotatable bonds is 11. The number of ketones is 2. The van der Waals surface area contributed by atoms with Gasteiger partial charge in [0.05, 0.1) is 13.0 Å². The van der Waals surface area contributed by atoms with Crippen LogP contribution in [0.5, 0.6) is 5.75 Å². The highest BCUT2D eigenvalue weighted by Gasteiger charge is 2.19. The molecule has 0 saturated carbocycles. The quantitative estimate of drug-likeness (QED) is 0.428. The minimum atomic E-state index is -1.04. The fourth-order valence-electron chi connectivity index (χ4n) is 2.69. The molecule has 2 aromatic rings. The number of esters is 1. The molecule has 0 bridgehead atoms. The first-order valence-corrected chi connectivity index (χ1v) is 10.2. The monoisotopic (exact) mass is 425 g/mol. The van der Waals surface area contributed by atoms with Gasteiger partial charge in [-0.2, -0.15) is 0 Å². The van der Waals surface area contributed by atoms with Crippen molar-refractivity contribution >= 4 is 29.1 Å². The summed E-state index contributed by atoms with van der Waals surface area (Å²) in [6.45, 7) is 5.49. The first-order valence-electron chi connectivity index (χ1n) is 10.2. The average molecular weight is 425 g/mol. The predicted octanol–water partition coefficient (Wildman–Crippen LogP) is 4.21. The van der Waals surface area contributed by atoms with Crippen LogP contribution in [0.25, 0.3) is 0 Å². The van der Waals surface area contributed by atoms with Crippen LogP contribution in [-0.4, -0.2) is 36.2 Å². The van der Waals surface area contributed by atoms with Gasteiger partial charge in [0.25, 0.3) is 5.91 Å². The Labute approximate surface area is 181 Å². The van der Waals surface area contributed by atoms with E-state index in [1.165, 1.54) is 13.8 Å². The Kier molecular flexibility index (Phi) is 8.94. The Hall–Kier alpha value is -3.48. The number of ether oxygens (including phenoxy) is 2. The van der Waals surface area contributed by atoms with E-state index in [4.69, 9.17) is 9.47 Å². The molecular weight excluding hydrogens is 398 g/mol. The fraction of sp³-hybridized carbons (Fsp3) is 0.333. The van der Waals surface area contributed by atoms with Crippen molar-refractivity contribution in [1.82, 2.24) is 0 Å². The lowest BCUT2D eigenvalue weighted by Crippen LogP contribution is -2.30. The summed E-state index contributed by atoms with van der Waals surface area (Å²) in [5.74, 6) is -0.800. The minimum Gasteiger partial charge on any atom is -0.494 e. The molecule has 2 aromatic carbocycles. The predicted molar refractivity (Wildman–Crippen MR) is 116 cm³/mol. The second kappa shape index (κ2) is 11.6. The molecule has 0 aliphatic heterocycles. The van der Waals surface area contributed by atoms with Gasteiger partial charge in [-0.15, -0.1) is 0 Å². The highest BCUT2D eigenvalue weighted by molar-refractivity contribution is 5.99. The van der Waals surface area contributed by atoms with Crippen LogP contribution in [0.4, 0.5) is 5.69 Å². The molecule has 7 heteroatoms. The Balaban J connectivity index is 1.80. The standard InChI is InChI=1S/C24H27NO6/c1-4-14-30-21-10-8-18(9-11-21)22(27)12-13-23(28)31-17(3)24(29)25-20-7-5-6-19(15-20)16(2)26/h5-11,15,17H,4,12-14H2,1-3H3,(H,25,29)/t17-/m1/s1. The molecule has 0 saturated heterocycles. The number of benzene rings is 2. The van der Waals surface area contributed by atoms with Crippen LogP contribution < -0.4 is 10.1 Å². The molecule has 1 amide bonds. The third-order valence-electron chi connectivity index (χ3n) is 4.42. The first-order chi connectivity index (χ1) is 14.8. The molecule has 31 heavy (non-hydrogen) atoms. The lowest BCUT2D eigenvalue weighted by molar-refractivity contribution is -0.153. The number of amides is 1. The average Bonchev–Trinajstić information content (AvgIpc) is 2.76. The maximum atomic E-state index is 12.3. The minimum absolute atomic E-state index is 0.0248. The smallest absolute Gasteiger partial charge is 0.307 e. The summed E-state index contributed by atoms with van der Waals surface area (Å²) < 4.78 is 10.6. The van der Waals surface area contributed by atoms with Crippen LogP contribution in [0.2, 0.25) is 0 Å². The zero-order chi connectivity index (χ0) is 22.8. The van der Waals surface area contributed by atoms with Crippen molar-refractivity contribution in [3.05, 3.63) is 59.7 Å². The van der Waals surface area contributed by atoms with E-state index in [2.05, 4.69) is 5.32 Å². The van der Waals surface area contributed by atoms with Gasteiger partial charge in [-0.3, -0.25) is 19.2 Å². The molecule has 2 rings (SSSR count). The van der Waals surface area contributed by atoms with Crippen molar-refractivity contribution in [2.75, 3.05) is 11.9 Å². The highest BCUT2D eigenvalue weighted by Crippen LogP contribution is 2.15. The molecule has 1 atom stereocenters. The Morgan fingerprint density at radius 2 is 1.68 bits per heavy atom. The number of hydrogen-bond donors (Lipinski definition) is 1. The van der Waals surface area contributed by atoms with Crippen LogP contribution in [-0.2, 0) is 14.3 Å². The molecule has 0 radical (unpaired) electrons. The number of Topliss-reactive ketones (excluding diaryl/α,β-unsaturated/α-hetero) is 2. The maximum absolute atomic E-state index is 12.3. The number of anilines is 1. The lowest BCUT2D eigenvalue weighted by Gasteiger charge is -2.14. The number of carbonyl (C=O) groups excluding carboxylic acids is 4. The van der Waals surface area contributed by atoms with Crippen molar-refractivity contribution < 1.29 is 28.7 Å². The molecule has 1 N–H and O–H groups in total. The van der Waals surface area contributed by atoms with E-state index in [1.807, 2.05) is 6.92 Å². The largest absolute Gasteiger partial charge is 0.494 e. The van der Waals surface area contributed by atoms with Crippen molar-refractivity contribution in [2.24, 2.45) is 0 Å². The van der Waals surface area contributed by atoms with Crippen LogP contribution in [0.1, 0.15) is 60.7 Å². The zero-order valence-electron chi connectivity index (χ0n) is 18.0. The van der Waals surface area contributed by atoms with E-state index in [-0.39, 0.29) is 24.4 Å². The fourth-order valence-corrected chi connectivity index (χ4v) is 2.69. The van der Waals surface area contributed by atoms with E-state index >= 15 is 0 Å². The molecule has 0 spiro atoms. The SMILES string of the molecule is CCCOc1ccc(C(=O)CCC(=O)O[C@H](C)C(=O)Nc2cccc(C(C)=O)c2)cc1. The molecule has 7 nitrogen and oxygen atoms in total. The summed E-state index contributed by atoms with van der Waals surface area (Å²) in [5.41, 5.74) is 1.38. The lowest BCUT2D eigenvalue weighted by atomic mass is 10.1. The van der Waals surface area contributed by atoms with Crippen molar-refractivity contribution in [1.29, 1.82) is 0 Å². The molecule has 0 unspecified atom stereocenters. The molecular formula is C24H27NO6. The van der Waals surface area contributed by atoms with Gasteiger partial charge in [0.1, 0.15) is 5.75 Å². The van der Waals surface area contributed by atoms with Crippen LogP contribution in [0.15, 0.2) is 48.5 Å². The van der Waals surface area contributed by atoms with Gasteiger partial charge in [0.15, 0.2) is 17.7 Å². The van der Waals surface area contributed by atoms with Gasteiger partial charge >= 0.3 is 5.97 Å². The molecule has 0 aliphatic rings. The van der Waals surface area contributed by atoms with Gasteiger partial charge in [-0.25, -0.2) is 0 Å². The zero-order valence-corrected chi connectivity index (χ0v) is 18.0. The molecule has 0 heterocycles. The molecule has 164 valence electrons. The Bertz CT molecular complexity index is 935.